The molecule has 0 saturated carbocycles. The number of hydrogen-bond acceptors (Lipinski definition) is 3. The van der Waals surface area contributed by atoms with Gasteiger partial charge in [-0.05, 0) is 203 Å². The average molecular weight is 1820 g/mol. The lowest BCUT2D eigenvalue weighted by Crippen LogP contribution is -2.74. The second-order valence-electron chi connectivity index (χ2n) is 41.6. The second-order valence-corrected chi connectivity index (χ2v) is 41.6. The van der Waals surface area contributed by atoms with Crippen LogP contribution >= 0.6 is 0 Å². The molecule has 14 aromatic carbocycles. The third-order valence-corrected chi connectivity index (χ3v) is 34.8. The summed E-state index contributed by atoms with van der Waals surface area (Å²) in [7, 11) is 0. The lowest BCUT2D eigenvalue weighted by Gasteiger charge is -2.37. The zero-order chi connectivity index (χ0) is 92.5. The number of fused-ring (bicyclic) bond motifs is 27. The summed E-state index contributed by atoms with van der Waals surface area (Å²) >= 11 is 0. The molecule has 0 aliphatic carbocycles. The Balaban J connectivity index is 0.0000000907. The number of rotatable bonds is 6. The van der Waals surface area contributed by atoms with E-state index in [4.69, 9.17) is 14.2 Å². The maximum absolute atomic E-state index is 7.26. The summed E-state index contributed by atoms with van der Waals surface area (Å²) in [6, 6.07) is 135. The highest BCUT2D eigenvalue weighted by molar-refractivity contribution is 6.18. The molecule has 26 aromatic rings. The first-order valence-electron chi connectivity index (χ1n) is 50.1. The summed E-state index contributed by atoms with van der Waals surface area (Å²) in [5, 5.41) is 15.4. The Hall–Kier alpha value is -17.8. The van der Waals surface area contributed by atoms with E-state index in [2.05, 4.69) is 460 Å². The molecule has 142 heavy (non-hydrogen) atoms. The molecule has 12 aliphatic heterocycles. The predicted octanol–water partition coefficient (Wildman–Crippen LogP) is 25.9. The van der Waals surface area contributed by atoms with Gasteiger partial charge in [0, 0.05) is 78.5 Å². The maximum atomic E-state index is 7.26. The summed E-state index contributed by atoms with van der Waals surface area (Å²) in [5.41, 5.74) is 42.8. The largest absolute Gasteiger partial charge is 0.404 e. The predicted molar refractivity (Wildman–Crippen MR) is 554 cm³/mol. The van der Waals surface area contributed by atoms with Crippen molar-refractivity contribution in [3.05, 3.63) is 431 Å². The molecule has 12 aliphatic rings. The van der Waals surface area contributed by atoms with E-state index in [1.165, 1.54) is 266 Å². The molecule has 5 unspecified atom stereocenters. The molecule has 0 N–H and O–H groups in total. The zero-order valence-electron chi connectivity index (χ0n) is 78.0. The standard InChI is InChI=1S/C51H34N4O.C41H30N4O.C35H18N4O/c1-29(31-14-5-3-6-15-31)33-26-42-43-28-37(30(2)32-16-7-4-8-17-32)46-36-19-10-12-21-39(36)53-41-23-13-22-40-47(41)51(55(43)50(46)53)48-44(56-45(27-33)54(42)51)25-24-35-34-18-9-11-20-38(34)52(40)49(35)48;1-21(2)23-18-32-33-20-27(22(3)4)36-26-11-6-8-13-29(26)43-31-15-9-14-30-37(31)41(45(33)40(36)43)38-34(46-35(19-23)44(32)41)17-16-25-24-10-5-7-12-28(24)42(30)39(25)38;1-3-9-23-19(7-1)21-16-18-29-32-33(21)36(23)27-12-5-13-28-31(27)35(32)38-25(11-6-14-30(38)40-29)26-17-15-22-20-8-2-4-10-24(20)37(28)34(22)39(26)35/h3-30H,1-2H3;5-22H,1-4H3;1-18H/q3*+2. The molecule has 0 amide bonds. The number of nitrogens with zero attached hydrogens (tertiary/aromatic N) is 12. The van der Waals surface area contributed by atoms with Gasteiger partial charge in [-0.3, -0.25) is 0 Å². The van der Waals surface area contributed by atoms with Crippen LogP contribution < -0.4 is 41.6 Å². The SMILES string of the molecule is CC(C)c1cc2[n+]3c(c1)-c1cc(C(C)C)c4c5ccccc5n5c4[n+]1C31c3c(cccc3-5)-n3c4ccccc4c4ccc(c1c43)O2.CC(c1ccccc1)c1cc2[n+]3c(c1)-c1cc(C(C)c4ccccc4)c4c5ccccc5n5c4[n+]1C31c3c(cccc3-5)-n3c4ccccc4c4ccc(c1c43)O2.c1cc2c3c(c1)-n1c4ccccc4c4ccc5[n+](c41)C31c3c(ccc4c6ccccc6n-2c34)Oc2cccc-5[n+]21. The Morgan fingerprint density at radius 1 is 0.211 bits per heavy atom. The Morgan fingerprint density at radius 2 is 0.542 bits per heavy atom. The fraction of sp³-hybridized carbons (Fsp3) is 0.102. The molecule has 5 atom stereocenters. The summed E-state index contributed by atoms with van der Waals surface area (Å²) in [5.74, 6) is 6.46. The van der Waals surface area contributed by atoms with Crippen LogP contribution in [-0.2, 0) is 17.0 Å². The molecular formula is C127H82N12O3+6. The minimum atomic E-state index is -0.727. The van der Waals surface area contributed by atoms with Crippen molar-refractivity contribution in [3.8, 4) is 103 Å². The number of ether oxygens (including phenoxy) is 3. The van der Waals surface area contributed by atoms with E-state index in [-0.39, 0.29) is 11.8 Å². The molecule has 38 rings (SSSR count). The van der Waals surface area contributed by atoms with Gasteiger partial charge in [0.15, 0.2) is 34.3 Å². The number of benzene rings is 14. The summed E-state index contributed by atoms with van der Waals surface area (Å²) in [4.78, 5) is 0. The molecule has 0 bridgehead atoms. The number of aromatic nitrogens is 12. The van der Waals surface area contributed by atoms with E-state index in [1.54, 1.807) is 0 Å². The second kappa shape index (κ2) is 24.6. The smallest absolute Gasteiger partial charge is 0.378 e. The fourth-order valence-electron chi connectivity index (χ4n) is 29.5. The lowest BCUT2D eigenvalue weighted by molar-refractivity contribution is -0.932. The van der Waals surface area contributed by atoms with Crippen LogP contribution in [0.25, 0.3) is 200 Å². The highest BCUT2D eigenvalue weighted by Crippen LogP contribution is 2.64. The third kappa shape index (κ3) is 7.91. The molecule has 0 fully saturated rings. The minimum absolute atomic E-state index is 0.152. The number of hydrogen-bond donors (Lipinski definition) is 0. The molecule has 12 aromatic heterocycles. The van der Waals surface area contributed by atoms with Crippen LogP contribution in [0.4, 0.5) is 0 Å². The van der Waals surface area contributed by atoms with Crippen molar-refractivity contribution in [1.82, 2.24) is 27.4 Å². The van der Waals surface area contributed by atoms with E-state index in [1.807, 2.05) is 0 Å². The van der Waals surface area contributed by atoms with Crippen LogP contribution in [0.2, 0.25) is 0 Å². The highest BCUT2D eigenvalue weighted by Gasteiger charge is 2.76. The van der Waals surface area contributed by atoms with Gasteiger partial charge in [0.1, 0.15) is 49.9 Å². The normalized spacial score (nSPS) is 17.4. The van der Waals surface area contributed by atoms with Crippen molar-refractivity contribution < 1.29 is 41.6 Å². The Labute approximate surface area is 810 Å². The van der Waals surface area contributed by atoms with Crippen molar-refractivity contribution in [2.45, 2.75) is 82.2 Å². The molecule has 0 radical (unpaired) electrons. The minimum Gasteiger partial charge on any atom is -0.404 e. The van der Waals surface area contributed by atoms with Crippen molar-refractivity contribution in [2.75, 3.05) is 0 Å². The van der Waals surface area contributed by atoms with E-state index >= 15 is 0 Å². The first kappa shape index (κ1) is 74.4. The van der Waals surface area contributed by atoms with Crippen molar-refractivity contribution in [3.63, 3.8) is 0 Å². The van der Waals surface area contributed by atoms with E-state index in [9.17, 15) is 0 Å². The highest BCUT2D eigenvalue weighted by atomic mass is 16.5. The van der Waals surface area contributed by atoms with Crippen LogP contribution in [0.5, 0.6) is 34.9 Å². The quantitative estimate of drug-likeness (QED) is 0.156. The topological polar surface area (TPSA) is 80.5 Å². The van der Waals surface area contributed by atoms with Crippen LogP contribution in [-0.4, -0.2) is 27.4 Å². The van der Waals surface area contributed by atoms with Gasteiger partial charge >= 0.3 is 51.6 Å². The molecule has 15 heteroatoms. The average Bonchev–Trinajstić information content (AvgIpc) is 1.46. The molecule has 0 saturated heterocycles. The first-order valence-corrected chi connectivity index (χ1v) is 50.1. The van der Waals surface area contributed by atoms with Gasteiger partial charge in [-0.2, -0.15) is 13.7 Å². The summed E-state index contributed by atoms with van der Waals surface area (Å²) < 4.78 is 51.9. The molecule has 3 spiro atoms. The van der Waals surface area contributed by atoms with Crippen LogP contribution in [0.3, 0.4) is 0 Å². The summed E-state index contributed by atoms with van der Waals surface area (Å²) in [6.07, 6.45) is 0. The fourth-order valence-corrected chi connectivity index (χ4v) is 29.5. The van der Waals surface area contributed by atoms with Gasteiger partial charge in [0.25, 0.3) is 17.1 Å². The third-order valence-electron chi connectivity index (χ3n) is 34.8. The lowest BCUT2D eigenvalue weighted by atomic mass is 9.81. The zero-order valence-corrected chi connectivity index (χ0v) is 78.0. The van der Waals surface area contributed by atoms with Gasteiger partial charge in [-0.1, -0.05) is 211 Å². The van der Waals surface area contributed by atoms with Crippen molar-refractivity contribution in [2.24, 2.45) is 0 Å². The summed E-state index contributed by atoms with van der Waals surface area (Å²) in [6.45, 7) is 13.9. The van der Waals surface area contributed by atoms with Crippen LogP contribution in [0.15, 0.2) is 364 Å². The van der Waals surface area contributed by atoms with Crippen LogP contribution in [0, 0.1) is 0 Å². The Bertz CT molecular complexity index is 10700. The van der Waals surface area contributed by atoms with Gasteiger partial charge in [-0.15, -0.1) is 27.4 Å². The van der Waals surface area contributed by atoms with Gasteiger partial charge in [0.2, 0.25) is 17.1 Å². The van der Waals surface area contributed by atoms with Crippen molar-refractivity contribution in [1.29, 1.82) is 0 Å². The molecule has 15 nitrogen and oxygen atoms in total. The van der Waals surface area contributed by atoms with Crippen molar-refractivity contribution >= 4 is 131 Å². The van der Waals surface area contributed by atoms with Gasteiger partial charge < -0.3 is 27.9 Å². The molecular weight excluding hydrogens is 1740 g/mol. The monoisotopic (exact) mass is 1820 g/mol. The maximum Gasteiger partial charge on any atom is 0.378 e. The number of para-hydroxylation sites is 6. The van der Waals surface area contributed by atoms with E-state index in [0.717, 1.165) is 34.9 Å². The van der Waals surface area contributed by atoms with Gasteiger partial charge in [0.05, 0.1) is 84.5 Å². The van der Waals surface area contributed by atoms with Gasteiger partial charge in [-0.25, -0.2) is 0 Å². The Morgan fingerprint density at radius 3 is 1.00 bits per heavy atom. The van der Waals surface area contributed by atoms with E-state index in [0.29, 0.717) is 11.8 Å². The Kier molecular flexibility index (Phi) is 12.9. The van der Waals surface area contributed by atoms with Crippen LogP contribution in [0.1, 0.15) is 132 Å². The molecule has 662 valence electrons. The molecule has 24 heterocycles. The van der Waals surface area contributed by atoms with E-state index < -0.39 is 17.0 Å². The number of pyridine rings is 6. The first-order chi connectivity index (χ1) is 70.0.